The molecule has 6 nitrogen and oxygen atoms in total. The van der Waals surface area contributed by atoms with Gasteiger partial charge in [0.2, 0.25) is 5.91 Å². The standard InChI is InChI=1S/C23H32N4O2/c1-4-17(2)26-23(24-13-12-20-11-8-14-29-20)25-16-19-15-21(28)27(3)22(19)18-9-6-5-7-10-18/h5-11,14,17,19,22H,4,12-13,15-16H2,1-3H3,(H2,24,25,26). The quantitative estimate of drug-likeness (QED) is 0.530. The first-order valence-electron chi connectivity index (χ1n) is 10.5. The lowest BCUT2D eigenvalue weighted by molar-refractivity contribution is -0.127. The summed E-state index contributed by atoms with van der Waals surface area (Å²) in [5.41, 5.74) is 1.17. The number of amides is 1. The lowest BCUT2D eigenvalue weighted by atomic mass is 9.94. The van der Waals surface area contributed by atoms with Crippen molar-refractivity contribution in [2.45, 2.75) is 45.2 Å². The number of carbonyl (C=O) groups is 1. The summed E-state index contributed by atoms with van der Waals surface area (Å²) >= 11 is 0. The summed E-state index contributed by atoms with van der Waals surface area (Å²) in [4.78, 5) is 19.1. The van der Waals surface area contributed by atoms with Gasteiger partial charge >= 0.3 is 0 Å². The van der Waals surface area contributed by atoms with Crippen LogP contribution in [0.3, 0.4) is 0 Å². The third-order valence-electron chi connectivity index (χ3n) is 5.56. The summed E-state index contributed by atoms with van der Waals surface area (Å²) in [7, 11) is 1.89. The molecule has 0 bridgehead atoms. The number of benzene rings is 1. The molecule has 1 aromatic carbocycles. The summed E-state index contributed by atoms with van der Waals surface area (Å²) in [6.07, 6.45) is 4.03. The van der Waals surface area contributed by atoms with E-state index in [0.717, 1.165) is 31.1 Å². The minimum Gasteiger partial charge on any atom is -0.469 e. The van der Waals surface area contributed by atoms with Crippen molar-refractivity contribution >= 4 is 11.9 Å². The van der Waals surface area contributed by atoms with Gasteiger partial charge in [-0.2, -0.15) is 0 Å². The number of nitrogens with one attached hydrogen (secondary N) is 2. The van der Waals surface area contributed by atoms with E-state index in [1.54, 1.807) is 6.26 Å². The number of guanidine groups is 1. The van der Waals surface area contributed by atoms with Crippen molar-refractivity contribution < 1.29 is 9.21 Å². The zero-order valence-electron chi connectivity index (χ0n) is 17.6. The summed E-state index contributed by atoms with van der Waals surface area (Å²) in [6, 6.07) is 14.5. The van der Waals surface area contributed by atoms with Crippen LogP contribution in [-0.4, -0.2) is 42.9 Å². The Morgan fingerprint density at radius 2 is 2.07 bits per heavy atom. The number of hydrogen-bond acceptors (Lipinski definition) is 3. The molecule has 0 spiro atoms. The average Bonchev–Trinajstić information content (AvgIpc) is 3.34. The zero-order valence-corrected chi connectivity index (χ0v) is 17.6. The lowest BCUT2D eigenvalue weighted by Crippen LogP contribution is -2.43. The van der Waals surface area contributed by atoms with Gasteiger partial charge in [0.05, 0.1) is 12.3 Å². The smallest absolute Gasteiger partial charge is 0.223 e. The summed E-state index contributed by atoms with van der Waals surface area (Å²) in [5, 5.41) is 6.86. The van der Waals surface area contributed by atoms with Gasteiger partial charge < -0.3 is 20.0 Å². The molecule has 1 aliphatic rings. The zero-order chi connectivity index (χ0) is 20.6. The molecule has 0 saturated carbocycles. The monoisotopic (exact) mass is 396 g/mol. The Balaban J connectivity index is 1.67. The molecule has 3 rings (SSSR count). The molecule has 156 valence electrons. The molecule has 0 aliphatic carbocycles. The first-order chi connectivity index (χ1) is 14.1. The van der Waals surface area contributed by atoms with E-state index < -0.39 is 0 Å². The van der Waals surface area contributed by atoms with E-state index in [1.807, 2.05) is 42.3 Å². The maximum Gasteiger partial charge on any atom is 0.223 e. The van der Waals surface area contributed by atoms with Gasteiger partial charge in [-0.15, -0.1) is 0 Å². The van der Waals surface area contributed by atoms with Gasteiger partial charge in [0.1, 0.15) is 5.76 Å². The molecule has 1 aliphatic heterocycles. The van der Waals surface area contributed by atoms with Crippen LogP contribution in [0, 0.1) is 5.92 Å². The van der Waals surface area contributed by atoms with Gasteiger partial charge in [-0.05, 0) is 31.0 Å². The Hall–Kier alpha value is -2.76. The predicted octanol–water partition coefficient (Wildman–Crippen LogP) is 3.38. The first kappa shape index (κ1) is 21.0. The van der Waals surface area contributed by atoms with Crippen LogP contribution in [-0.2, 0) is 11.2 Å². The van der Waals surface area contributed by atoms with Crippen LogP contribution < -0.4 is 10.6 Å². The van der Waals surface area contributed by atoms with E-state index in [4.69, 9.17) is 9.41 Å². The molecule has 6 heteroatoms. The molecular weight excluding hydrogens is 364 g/mol. The van der Waals surface area contributed by atoms with Gasteiger partial charge in [0.15, 0.2) is 5.96 Å². The molecule has 0 radical (unpaired) electrons. The Morgan fingerprint density at radius 1 is 1.28 bits per heavy atom. The minimum atomic E-state index is 0.0698. The molecule has 2 N–H and O–H groups in total. The van der Waals surface area contributed by atoms with E-state index in [0.29, 0.717) is 19.0 Å². The number of furan rings is 1. The number of nitrogens with zero attached hydrogens (tertiary/aromatic N) is 2. The largest absolute Gasteiger partial charge is 0.469 e. The van der Waals surface area contributed by atoms with Crippen LogP contribution in [0.25, 0.3) is 0 Å². The highest BCUT2D eigenvalue weighted by Gasteiger charge is 2.38. The van der Waals surface area contributed by atoms with Crippen molar-refractivity contribution in [3.8, 4) is 0 Å². The van der Waals surface area contributed by atoms with E-state index in [1.165, 1.54) is 5.56 Å². The maximum absolute atomic E-state index is 12.4. The number of likely N-dealkylation sites (tertiary alicyclic amines) is 1. The fraction of sp³-hybridized carbons (Fsp3) is 0.478. The van der Waals surface area contributed by atoms with Gasteiger partial charge in [-0.3, -0.25) is 9.79 Å². The molecular formula is C23H32N4O2. The third kappa shape index (κ3) is 5.62. The van der Waals surface area contributed by atoms with Gasteiger partial charge in [-0.25, -0.2) is 0 Å². The van der Waals surface area contributed by atoms with Crippen molar-refractivity contribution in [2.24, 2.45) is 10.9 Å². The summed E-state index contributed by atoms with van der Waals surface area (Å²) in [5.74, 6) is 2.09. The van der Waals surface area contributed by atoms with Gasteiger partial charge in [0.25, 0.3) is 0 Å². The highest BCUT2D eigenvalue weighted by Crippen LogP contribution is 2.36. The van der Waals surface area contributed by atoms with E-state index in [9.17, 15) is 4.79 Å². The number of aliphatic imine (C=N–C) groups is 1. The van der Waals surface area contributed by atoms with Crippen LogP contribution in [0.15, 0.2) is 58.1 Å². The normalized spacial score (nSPS) is 20.7. The number of hydrogen-bond donors (Lipinski definition) is 2. The van der Waals surface area contributed by atoms with Crippen molar-refractivity contribution in [3.05, 3.63) is 60.1 Å². The molecule has 1 fully saturated rings. The van der Waals surface area contributed by atoms with Crippen LogP contribution >= 0.6 is 0 Å². The third-order valence-corrected chi connectivity index (χ3v) is 5.56. The average molecular weight is 397 g/mol. The first-order valence-corrected chi connectivity index (χ1v) is 10.5. The SMILES string of the molecule is CCC(C)NC(=NCC1CC(=O)N(C)C1c1ccccc1)NCCc1ccco1. The van der Waals surface area contributed by atoms with Gasteiger partial charge in [-0.1, -0.05) is 37.3 Å². The Labute approximate surface area is 173 Å². The molecule has 29 heavy (non-hydrogen) atoms. The second-order valence-electron chi connectivity index (χ2n) is 7.72. The fourth-order valence-corrected chi connectivity index (χ4v) is 3.72. The number of rotatable bonds is 8. The molecule has 3 unspecified atom stereocenters. The highest BCUT2D eigenvalue weighted by atomic mass is 16.3. The van der Waals surface area contributed by atoms with E-state index >= 15 is 0 Å². The predicted molar refractivity (Wildman–Crippen MR) is 116 cm³/mol. The van der Waals surface area contributed by atoms with Crippen molar-refractivity contribution in [2.75, 3.05) is 20.1 Å². The highest BCUT2D eigenvalue weighted by molar-refractivity contribution is 5.81. The second-order valence-corrected chi connectivity index (χ2v) is 7.72. The molecule has 1 aromatic heterocycles. The topological polar surface area (TPSA) is 69.9 Å². The lowest BCUT2D eigenvalue weighted by Gasteiger charge is -2.25. The fourth-order valence-electron chi connectivity index (χ4n) is 3.72. The van der Waals surface area contributed by atoms with Crippen LogP contribution in [0.2, 0.25) is 0 Å². The molecule has 2 aromatic rings. The maximum atomic E-state index is 12.4. The van der Waals surface area contributed by atoms with Crippen molar-refractivity contribution in [1.29, 1.82) is 0 Å². The van der Waals surface area contributed by atoms with Crippen LogP contribution in [0.5, 0.6) is 0 Å². The molecule has 1 amide bonds. The Bertz CT molecular complexity index is 788. The van der Waals surface area contributed by atoms with Crippen LogP contribution in [0.1, 0.15) is 44.1 Å². The summed E-state index contributed by atoms with van der Waals surface area (Å²) < 4.78 is 5.40. The van der Waals surface area contributed by atoms with Crippen molar-refractivity contribution in [3.63, 3.8) is 0 Å². The van der Waals surface area contributed by atoms with E-state index in [-0.39, 0.29) is 17.9 Å². The number of carbonyl (C=O) groups excluding carboxylic acids is 1. The summed E-state index contributed by atoms with van der Waals surface area (Å²) in [6.45, 7) is 5.63. The van der Waals surface area contributed by atoms with Gasteiger partial charge in [0, 0.05) is 44.9 Å². The molecule has 1 saturated heterocycles. The minimum absolute atomic E-state index is 0.0698. The van der Waals surface area contributed by atoms with E-state index in [2.05, 4.69) is 36.6 Å². The Kier molecular flexibility index (Phi) is 7.33. The second kappa shape index (κ2) is 10.1. The van der Waals surface area contributed by atoms with Crippen LogP contribution in [0.4, 0.5) is 0 Å². The Morgan fingerprint density at radius 3 is 2.76 bits per heavy atom. The molecule has 3 atom stereocenters. The molecule has 2 heterocycles. The van der Waals surface area contributed by atoms with Crippen molar-refractivity contribution in [1.82, 2.24) is 15.5 Å².